The Balaban J connectivity index is 2.37. The summed E-state index contributed by atoms with van der Waals surface area (Å²) in [5, 5.41) is 0. The average Bonchev–Trinajstić information content (AvgIpc) is 2.73. The summed E-state index contributed by atoms with van der Waals surface area (Å²) in [5.74, 6) is -0.0313. The van der Waals surface area contributed by atoms with E-state index in [1.165, 1.54) is 0 Å². The molecular formula is C16H17F6NO2. The van der Waals surface area contributed by atoms with Gasteiger partial charge in [0.2, 0.25) is 0 Å². The minimum absolute atomic E-state index is 0.0313. The van der Waals surface area contributed by atoms with Gasteiger partial charge in [0.15, 0.2) is 0 Å². The van der Waals surface area contributed by atoms with Crippen molar-refractivity contribution in [2.24, 2.45) is 5.92 Å². The Morgan fingerprint density at radius 1 is 1.04 bits per heavy atom. The van der Waals surface area contributed by atoms with Crippen LogP contribution in [-0.4, -0.2) is 23.1 Å². The van der Waals surface area contributed by atoms with Gasteiger partial charge >= 0.3 is 18.4 Å². The molecule has 0 spiro atoms. The van der Waals surface area contributed by atoms with Gasteiger partial charge in [0.1, 0.15) is 6.10 Å². The van der Waals surface area contributed by atoms with Gasteiger partial charge in [-0.05, 0) is 36.6 Å². The molecule has 0 aliphatic carbocycles. The number of nitrogens with zero attached hydrogens (tertiary/aromatic N) is 1. The lowest BCUT2D eigenvalue weighted by Gasteiger charge is -2.23. The highest BCUT2D eigenvalue weighted by Gasteiger charge is 2.41. The number of alkyl halides is 6. The van der Waals surface area contributed by atoms with E-state index in [-0.39, 0.29) is 17.5 Å². The second kappa shape index (κ2) is 6.42. The monoisotopic (exact) mass is 369 g/mol. The second-order valence-electron chi connectivity index (χ2n) is 6.38. The first-order valence-electron chi connectivity index (χ1n) is 7.56. The van der Waals surface area contributed by atoms with Crippen LogP contribution in [0.1, 0.15) is 37.5 Å². The van der Waals surface area contributed by atoms with Crippen LogP contribution in [0.2, 0.25) is 0 Å². The Morgan fingerprint density at radius 3 is 1.88 bits per heavy atom. The summed E-state index contributed by atoms with van der Waals surface area (Å²) >= 11 is 0. The Bertz CT molecular complexity index is 621. The van der Waals surface area contributed by atoms with Crippen LogP contribution in [0, 0.1) is 5.92 Å². The molecule has 0 unspecified atom stereocenters. The highest BCUT2D eigenvalue weighted by Crippen LogP contribution is 2.37. The van der Waals surface area contributed by atoms with Crippen molar-refractivity contribution >= 4 is 6.09 Å². The predicted octanol–water partition coefficient (Wildman–Crippen LogP) is 5.09. The molecule has 1 heterocycles. The van der Waals surface area contributed by atoms with E-state index < -0.39 is 48.3 Å². The van der Waals surface area contributed by atoms with Crippen LogP contribution >= 0.6 is 0 Å². The maximum atomic E-state index is 12.9. The lowest BCUT2D eigenvalue weighted by molar-refractivity contribution is -0.143. The number of benzene rings is 1. The van der Waals surface area contributed by atoms with Gasteiger partial charge in [-0.2, -0.15) is 26.3 Å². The molecule has 25 heavy (non-hydrogen) atoms. The zero-order chi connectivity index (χ0) is 19.2. The van der Waals surface area contributed by atoms with E-state index in [0.29, 0.717) is 12.1 Å². The number of amides is 1. The molecule has 2 atom stereocenters. The molecule has 0 bridgehead atoms. The van der Waals surface area contributed by atoms with E-state index in [2.05, 4.69) is 0 Å². The van der Waals surface area contributed by atoms with Crippen molar-refractivity contribution in [3.63, 3.8) is 0 Å². The number of carbonyl (C=O) groups is 1. The van der Waals surface area contributed by atoms with E-state index in [0.717, 1.165) is 4.90 Å². The number of carbonyl (C=O) groups excluding carboxylic acids is 1. The summed E-state index contributed by atoms with van der Waals surface area (Å²) in [6.45, 7) is 4.87. The minimum atomic E-state index is -4.92. The molecule has 140 valence electrons. The first kappa shape index (κ1) is 19.4. The van der Waals surface area contributed by atoms with E-state index >= 15 is 0 Å². The summed E-state index contributed by atoms with van der Waals surface area (Å²) in [7, 11) is 0. The molecule has 1 amide bonds. The van der Waals surface area contributed by atoms with Crippen LogP contribution in [0.15, 0.2) is 18.2 Å². The van der Waals surface area contributed by atoms with Crippen LogP contribution in [0.25, 0.3) is 0 Å². The van der Waals surface area contributed by atoms with Crippen molar-refractivity contribution < 1.29 is 35.9 Å². The molecule has 0 radical (unpaired) electrons. The highest BCUT2D eigenvalue weighted by atomic mass is 19.4. The van der Waals surface area contributed by atoms with Gasteiger partial charge in [-0.15, -0.1) is 0 Å². The average molecular weight is 369 g/mol. The van der Waals surface area contributed by atoms with E-state index in [1.54, 1.807) is 6.92 Å². The summed E-state index contributed by atoms with van der Waals surface area (Å²) in [4.78, 5) is 13.1. The zero-order valence-corrected chi connectivity index (χ0v) is 13.7. The smallest absolute Gasteiger partial charge is 0.416 e. The Kier molecular flexibility index (Phi) is 4.98. The van der Waals surface area contributed by atoms with Crippen molar-refractivity contribution in [2.75, 3.05) is 0 Å². The quantitative estimate of drug-likeness (QED) is 0.695. The van der Waals surface area contributed by atoms with Crippen molar-refractivity contribution in [1.29, 1.82) is 0 Å². The van der Waals surface area contributed by atoms with Crippen molar-refractivity contribution in [3.8, 4) is 0 Å². The van der Waals surface area contributed by atoms with Crippen LogP contribution in [0.3, 0.4) is 0 Å². The fourth-order valence-corrected chi connectivity index (χ4v) is 2.84. The summed E-state index contributed by atoms with van der Waals surface area (Å²) in [5.41, 5.74) is -3.06. The molecule has 1 aromatic carbocycles. The molecule has 1 aromatic rings. The van der Waals surface area contributed by atoms with Gasteiger partial charge in [0, 0.05) is 6.54 Å². The second-order valence-corrected chi connectivity index (χ2v) is 6.38. The topological polar surface area (TPSA) is 29.5 Å². The maximum absolute atomic E-state index is 12.9. The van der Waals surface area contributed by atoms with Crippen LogP contribution in [0.4, 0.5) is 31.1 Å². The molecule has 1 aliphatic heterocycles. The largest absolute Gasteiger partial charge is 0.444 e. The van der Waals surface area contributed by atoms with Gasteiger partial charge in [0.25, 0.3) is 0 Å². The Hall–Kier alpha value is -1.93. The van der Waals surface area contributed by atoms with E-state index in [4.69, 9.17) is 4.74 Å². The van der Waals surface area contributed by atoms with Gasteiger partial charge in [0.05, 0.1) is 17.2 Å². The lowest BCUT2D eigenvalue weighted by Crippen LogP contribution is -2.35. The number of hydrogen-bond acceptors (Lipinski definition) is 2. The number of hydrogen-bond donors (Lipinski definition) is 0. The molecule has 9 heteroatoms. The molecule has 1 fully saturated rings. The van der Waals surface area contributed by atoms with Crippen LogP contribution in [0.5, 0.6) is 0 Å². The predicted molar refractivity (Wildman–Crippen MR) is 76.6 cm³/mol. The zero-order valence-electron chi connectivity index (χ0n) is 13.7. The molecule has 1 saturated heterocycles. The summed E-state index contributed by atoms with van der Waals surface area (Å²) in [6.07, 6.45) is -11.1. The molecule has 0 N–H and O–H groups in total. The summed E-state index contributed by atoms with van der Waals surface area (Å²) < 4.78 is 82.5. The molecule has 2 rings (SSSR count). The standard InChI is InChI=1S/C16H17F6NO2/c1-8(2)13-9(3)23(14(24)25-13)7-10-4-11(15(17,18)19)6-12(5-10)16(20,21)22/h4-6,8-9,13H,7H2,1-3H3/t9-,13-/m0/s1. The number of rotatable bonds is 3. The lowest BCUT2D eigenvalue weighted by atomic mass is 10.00. The number of halogens is 6. The third-order valence-electron chi connectivity index (χ3n) is 4.10. The molecular weight excluding hydrogens is 352 g/mol. The summed E-state index contributed by atoms with van der Waals surface area (Å²) in [6, 6.07) is 0.846. The van der Waals surface area contributed by atoms with Gasteiger partial charge in [-0.1, -0.05) is 13.8 Å². The molecule has 3 nitrogen and oxygen atoms in total. The number of ether oxygens (including phenoxy) is 1. The normalized spacial score (nSPS) is 21.8. The first-order chi connectivity index (χ1) is 11.3. The maximum Gasteiger partial charge on any atom is 0.416 e. The van der Waals surface area contributed by atoms with Crippen LogP contribution < -0.4 is 0 Å². The number of cyclic esters (lactones) is 1. The van der Waals surface area contributed by atoms with Gasteiger partial charge in [-0.3, -0.25) is 4.90 Å². The fourth-order valence-electron chi connectivity index (χ4n) is 2.84. The molecule has 0 aromatic heterocycles. The van der Waals surface area contributed by atoms with E-state index in [1.807, 2.05) is 13.8 Å². The van der Waals surface area contributed by atoms with Gasteiger partial charge in [-0.25, -0.2) is 4.79 Å². The first-order valence-corrected chi connectivity index (χ1v) is 7.56. The molecule has 1 aliphatic rings. The highest BCUT2D eigenvalue weighted by molar-refractivity contribution is 5.70. The third kappa shape index (κ3) is 4.19. The Labute approximate surface area is 140 Å². The van der Waals surface area contributed by atoms with Crippen molar-refractivity contribution in [3.05, 3.63) is 34.9 Å². The fraction of sp³-hybridized carbons (Fsp3) is 0.562. The third-order valence-corrected chi connectivity index (χ3v) is 4.10. The SMILES string of the molecule is CC(C)[C@@H]1OC(=O)N(Cc2cc(C(F)(F)F)cc(C(F)(F)F)c2)[C@H]1C. The van der Waals surface area contributed by atoms with Crippen molar-refractivity contribution in [1.82, 2.24) is 4.90 Å². The van der Waals surface area contributed by atoms with Gasteiger partial charge < -0.3 is 4.74 Å². The minimum Gasteiger partial charge on any atom is -0.444 e. The molecule has 0 saturated carbocycles. The van der Waals surface area contributed by atoms with Crippen LogP contribution in [-0.2, 0) is 23.6 Å². The Morgan fingerprint density at radius 2 is 1.52 bits per heavy atom. The van der Waals surface area contributed by atoms with E-state index in [9.17, 15) is 31.1 Å². The van der Waals surface area contributed by atoms with Crippen molar-refractivity contribution in [2.45, 2.75) is 51.8 Å².